The lowest BCUT2D eigenvalue weighted by Crippen LogP contribution is -2.09. The number of nitrogen functional groups attached to an aromatic ring is 1. The van der Waals surface area contributed by atoms with Crippen molar-refractivity contribution < 1.29 is 0 Å². The van der Waals surface area contributed by atoms with Gasteiger partial charge in [0, 0.05) is 10.9 Å². The smallest absolute Gasteiger partial charge is 0.140 e. The van der Waals surface area contributed by atoms with Crippen LogP contribution in [0.5, 0.6) is 0 Å². The van der Waals surface area contributed by atoms with Crippen LogP contribution in [0, 0.1) is 5.92 Å². The van der Waals surface area contributed by atoms with Crippen LogP contribution in [0.15, 0.2) is 5.38 Å². The molecule has 0 amide bonds. The zero-order valence-electron chi connectivity index (χ0n) is 7.83. The van der Waals surface area contributed by atoms with E-state index in [1.165, 1.54) is 49.2 Å². The number of hydrogen-bond acceptors (Lipinski definition) is 3. The Morgan fingerprint density at radius 2 is 2.15 bits per heavy atom. The Labute approximate surface area is 83.3 Å². The molecule has 2 rings (SSSR count). The Morgan fingerprint density at radius 3 is 2.77 bits per heavy atom. The predicted molar refractivity (Wildman–Crippen MR) is 56.8 cm³/mol. The molecular formula is C10H16N2S. The molecular weight excluding hydrogens is 180 g/mol. The molecule has 0 aromatic carbocycles. The highest BCUT2D eigenvalue weighted by atomic mass is 32.1. The first kappa shape index (κ1) is 9.00. The molecule has 0 atom stereocenters. The summed E-state index contributed by atoms with van der Waals surface area (Å²) in [4.78, 5) is 0. The molecule has 0 spiro atoms. The number of anilines is 1. The lowest BCUT2D eigenvalue weighted by molar-refractivity contribution is 0.357. The summed E-state index contributed by atoms with van der Waals surface area (Å²) in [5.41, 5.74) is 7.03. The summed E-state index contributed by atoms with van der Waals surface area (Å²) < 4.78 is 4.10. The van der Waals surface area contributed by atoms with E-state index in [1.54, 1.807) is 0 Å². The van der Waals surface area contributed by atoms with Crippen molar-refractivity contribution in [1.29, 1.82) is 0 Å². The minimum Gasteiger partial charge on any atom is -0.383 e. The average Bonchev–Trinajstić information content (AvgIpc) is 2.54. The van der Waals surface area contributed by atoms with Gasteiger partial charge in [-0.25, -0.2) is 0 Å². The maximum absolute atomic E-state index is 5.76. The third-order valence-electron chi connectivity index (χ3n) is 2.91. The molecule has 1 aliphatic rings. The standard InChI is InChI=1S/C10H16N2S/c11-10-9(7-13-12-10)6-8-4-2-1-3-5-8/h7-8H,1-6H2,(H2,11,12). The number of hydrogen-bond donors (Lipinski definition) is 1. The van der Waals surface area contributed by atoms with E-state index in [0.29, 0.717) is 0 Å². The number of aromatic nitrogens is 1. The van der Waals surface area contributed by atoms with Crippen molar-refractivity contribution in [2.75, 3.05) is 5.73 Å². The van der Waals surface area contributed by atoms with Crippen molar-refractivity contribution in [3.63, 3.8) is 0 Å². The van der Waals surface area contributed by atoms with Gasteiger partial charge in [-0.2, -0.15) is 4.37 Å². The van der Waals surface area contributed by atoms with E-state index in [9.17, 15) is 0 Å². The van der Waals surface area contributed by atoms with Gasteiger partial charge in [0.05, 0.1) is 0 Å². The zero-order chi connectivity index (χ0) is 9.10. The fourth-order valence-electron chi connectivity index (χ4n) is 2.12. The van der Waals surface area contributed by atoms with Crippen LogP contribution in [-0.4, -0.2) is 4.37 Å². The van der Waals surface area contributed by atoms with Crippen LogP contribution in [0.4, 0.5) is 5.82 Å². The average molecular weight is 196 g/mol. The molecule has 1 saturated carbocycles. The Bertz CT molecular complexity index is 264. The molecule has 0 radical (unpaired) electrons. The predicted octanol–water partition coefficient (Wildman–Crippen LogP) is 2.85. The summed E-state index contributed by atoms with van der Waals surface area (Å²) >= 11 is 1.48. The Morgan fingerprint density at radius 1 is 1.38 bits per heavy atom. The van der Waals surface area contributed by atoms with Crippen LogP contribution < -0.4 is 5.73 Å². The molecule has 72 valence electrons. The largest absolute Gasteiger partial charge is 0.383 e. The SMILES string of the molecule is Nc1nscc1CC1CCCCC1. The Balaban J connectivity index is 1.93. The van der Waals surface area contributed by atoms with Gasteiger partial charge in [0.15, 0.2) is 0 Å². The van der Waals surface area contributed by atoms with Gasteiger partial charge >= 0.3 is 0 Å². The molecule has 2 nitrogen and oxygen atoms in total. The van der Waals surface area contributed by atoms with Crippen molar-refractivity contribution >= 4 is 17.4 Å². The summed E-state index contributed by atoms with van der Waals surface area (Å²) in [6.07, 6.45) is 8.16. The minimum absolute atomic E-state index is 0.760. The van der Waals surface area contributed by atoms with Gasteiger partial charge in [0.1, 0.15) is 5.82 Å². The third kappa shape index (κ3) is 2.21. The molecule has 1 aromatic heterocycles. The fourth-order valence-corrected chi connectivity index (χ4v) is 2.75. The first-order valence-electron chi connectivity index (χ1n) is 5.05. The van der Waals surface area contributed by atoms with Crippen LogP contribution in [0.2, 0.25) is 0 Å². The highest BCUT2D eigenvalue weighted by Crippen LogP contribution is 2.28. The van der Waals surface area contributed by atoms with Gasteiger partial charge in [-0.3, -0.25) is 0 Å². The molecule has 3 heteroatoms. The van der Waals surface area contributed by atoms with E-state index in [1.807, 2.05) is 0 Å². The first-order chi connectivity index (χ1) is 6.36. The molecule has 2 N–H and O–H groups in total. The van der Waals surface area contributed by atoms with E-state index in [2.05, 4.69) is 9.75 Å². The van der Waals surface area contributed by atoms with Crippen LogP contribution in [0.25, 0.3) is 0 Å². The summed E-state index contributed by atoms with van der Waals surface area (Å²) in [6.45, 7) is 0. The van der Waals surface area contributed by atoms with E-state index < -0.39 is 0 Å². The Hall–Kier alpha value is -0.570. The second-order valence-corrected chi connectivity index (χ2v) is 4.56. The van der Waals surface area contributed by atoms with Crippen LogP contribution in [0.3, 0.4) is 0 Å². The summed E-state index contributed by atoms with van der Waals surface area (Å²) in [5, 5.41) is 2.10. The van der Waals surface area contributed by atoms with Gasteiger partial charge in [-0.1, -0.05) is 32.1 Å². The van der Waals surface area contributed by atoms with Crippen LogP contribution in [-0.2, 0) is 6.42 Å². The van der Waals surface area contributed by atoms with E-state index in [0.717, 1.165) is 18.2 Å². The lowest BCUT2D eigenvalue weighted by Gasteiger charge is -2.20. The highest BCUT2D eigenvalue weighted by Gasteiger charge is 2.15. The van der Waals surface area contributed by atoms with Gasteiger partial charge in [-0.15, -0.1) is 0 Å². The normalized spacial score (nSPS) is 19.1. The highest BCUT2D eigenvalue weighted by molar-refractivity contribution is 7.04. The van der Waals surface area contributed by atoms with Gasteiger partial charge in [-0.05, 0) is 23.9 Å². The maximum atomic E-state index is 5.76. The molecule has 1 heterocycles. The van der Waals surface area contributed by atoms with E-state index in [-0.39, 0.29) is 0 Å². The van der Waals surface area contributed by atoms with E-state index in [4.69, 9.17) is 5.73 Å². The fraction of sp³-hybridized carbons (Fsp3) is 0.700. The Kier molecular flexibility index (Phi) is 2.83. The molecule has 1 fully saturated rings. The number of nitrogens with zero attached hydrogens (tertiary/aromatic N) is 1. The number of rotatable bonds is 2. The molecule has 0 unspecified atom stereocenters. The second-order valence-electron chi connectivity index (χ2n) is 3.93. The van der Waals surface area contributed by atoms with Crippen molar-refractivity contribution in [2.24, 2.45) is 5.92 Å². The topological polar surface area (TPSA) is 38.9 Å². The van der Waals surface area contributed by atoms with Gasteiger partial charge in [0.2, 0.25) is 0 Å². The third-order valence-corrected chi connectivity index (χ3v) is 3.60. The maximum Gasteiger partial charge on any atom is 0.140 e. The summed E-state index contributed by atoms with van der Waals surface area (Å²) in [6, 6.07) is 0. The quantitative estimate of drug-likeness (QED) is 0.790. The first-order valence-corrected chi connectivity index (χ1v) is 5.88. The summed E-state index contributed by atoms with van der Waals surface area (Å²) in [5.74, 6) is 1.63. The molecule has 13 heavy (non-hydrogen) atoms. The van der Waals surface area contributed by atoms with Crippen molar-refractivity contribution in [3.8, 4) is 0 Å². The molecule has 0 aliphatic heterocycles. The molecule has 1 aliphatic carbocycles. The van der Waals surface area contributed by atoms with Crippen molar-refractivity contribution in [3.05, 3.63) is 10.9 Å². The van der Waals surface area contributed by atoms with Gasteiger partial charge < -0.3 is 5.73 Å². The van der Waals surface area contributed by atoms with Gasteiger partial charge in [0.25, 0.3) is 0 Å². The monoisotopic (exact) mass is 196 g/mol. The second kappa shape index (κ2) is 4.09. The molecule has 1 aromatic rings. The molecule has 0 saturated heterocycles. The minimum atomic E-state index is 0.760. The summed E-state index contributed by atoms with van der Waals surface area (Å²) in [7, 11) is 0. The van der Waals surface area contributed by atoms with Crippen molar-refractivity contribution in [1.82, 2.24) is 4.37 Å². The van der Waals surface area contributed by atoms with E-state index >= 15 is 0 Å². The zero-order valence-corrected chi connectivity index (χ0v) is 8.65. The lowest BCUT2D eigenvalue weighted by atomic mass is 9.85. The number of nitrogens with two attached hydrogens (primary N) is 1. The molecule has 0 bridgehead atoms. The van der Waals surface area contributed by atoms with Crippen molar-refractivity contribution in [2.45, 2.75) is 38.5 Å². The van der Waals surface area contributed by atoms with Crippen LogP contribution in [0.1, 0.15) is 37.7 Å². The van der Waals surface area contributed by atoms with Crippen LogP contribution >= 0.6 is 11.5 Å².